The largest absolute Gasteiger partial charge is 0.526 e. The predicted octanol–water partition coefficient (Wildman–Crippen LogP) is 8.27. The molecule has 1 saturated heterocycles. The SMILES string of the molecule is C=CCC(c1cc(C(F)(F)F)cc(C(F)(F)F)c1)C1[C@H](c2ccc(F)cc2C)N(CC=C)CC[N+]1(C(N)=O)C(=O)OC(C)(C)C. The fourth-order valence-corrected chi connectivity index (χ4v) is 6.03. The van der Waals surface area contributed by atoms with E-state index in [9.17, 15) is 40.3 Å². The first-order chi connectivity index (χ1) is 20.7. The van der Waals surface area contributed by atoms with Gasteiger partial charge in [-0.2, -0.15) is 31.1 Å². The number of imide groups is 1. The van der Waals surface area contributed by atoms with Crippen molar-refractivity contribution in [2.45, 2.75) is 70.1 Å². The first kappa shape index (κ1) is 35.8. The number of alkyl halides is 6. The van der Waals surface area contributed by atoms with Crippen LogP contribution in [0.5, 0.6) is 0 Å². The summed E-state index contributed by atoms with van der Waals surface area (Å²) in [5.74, 6) is -1.98. The maximum absolute atomic E-state index is 14.3. The summed E-state index contributed by atoms with van der Waals surface area (Å²) in [6.45, 7) is 13.5. The van der Waals surface area contributed by atoms with Crippen LogP contribution < -0.4 is 5.73 Å². The van der Waals surface area contributed by atoms with E-state index in [1.165, 1.54) is 45.1 Å². The molecule has 3 amide bonds. The monoisotopic (exact) mass is 644 g/mol. The Labute approximate surface area is 257 Å². The molecule has 0 saturated carbocycles. The highest BCUT2D eigenvalue weighted by molar-refractivity contribution is 5.79. The van der Waals surface area contributed by atoms with Crippen molar-refractivity contribution in [1.82, 2.24) is 4.90 Å². The van der Waals surface area contributed by atoms with E-state index in [4.69, 9.17) is 10.5 Å². The van der Waals surface area contributed by atoms with Crippen LogP contribution in [0.15, 0.2) is 61.7 Å². The lowest BCUT2D eigenvalue weighted by Gasteiger charge is -2.52. The third kappa shape index (κ3) is 7.58. The molecule has 3 unspecified atom stereocenters. The van der Waals surface area contributed by atoms with Crippen LogP contribution in [-0.2, 0) is 17.1 Å². The molecular formula is C32H37F7N3O3+. The number of nitrogens with zero attached hydrogens (tertiary/aromatic N) is 2. The fraction of sp³-hybridized carbons (Fsp3) is 0.438. The molecule has 1 heterocycles. The minimum atomic E-state index is -5.16. The van der Waals surface area contributed by atoms with Gasteiger partial charge in [0.2, 0.25) is 0 Å². The lowest BCUT2D eigenvalue weighted by atomic mass is 9.76. The predicted molar refractivity (Wildman–Crippen MR) is 154 cm³/mol. The summed E-state index contributed by atoms with van der Waals surface area (Å²) in [6, 6.07) is 1.18. The van der Waals surface area contributed by atoms with Crippen molar-refractivity contribution in [3.05, 3.63) is 95.3 Å². The van der Waals surface area contributed by atoms with Crippen LogP contribution in [0.3, 0.4) is 0 Å². The second kappa shape index (κ2) is 13.0. The molecule has 6 nitrogen and oxygen atoms in total. The van der Waals surface area contributed by atoms with Gasteiger partial charge < -0.3 is 10.5 Å². The smallest absolute Gasteiger partial charge is 0.414 e. The number of quaternary nitrogens is 1. The molecule has 2 N–H and O–H groups in total. The molecule has 2 aromatic carbocycles. The number of aryl methyl sites for hydroxylation is 1. The summed E-state index contributed by atoms with van der Waals surface area (Å²) in [4.78, 5) is 29.5. The highest BCUT2D eigenvalue weighted by atomic mass is 19.4. The Bertz CT molecular complexity index is 1420. The third-order valence-corrected chi connectivity index (χ3v) is 7.86. The van der Waals surface area contributed by atoms with Gasteiger partial charge in [-0.05, 0) is 81.1 Å². The van der Waals surface area contributed by atoms with Gasteiger partial charge in [-0.25, -0.2) is 9.18 Å². The molecule has 13 heteroatoms. The van der Waals surface area contributed by atoms with Crippen LogP contribution >= 0.6 is 0 Å². The second-order valence-electron chi connectivity index (χ2n) is 12.1. The number of urea groups is 1. The van der Waals surface area contributed by atoms with Gasteiger partial charge in [0.15, 0.2) is 0 Å². The van der Waals surface area contributed by atoms with E-state index in [1.54, 1.807) is 11.8 Å². The standard InChI is InChI=1S/C32H36F7N3O3/c1-7-9-25(20-16-21(31(34,35)36)18-22(17-20)32(37,38)39)27-26(24-11-10-23(33)15-19(24)3)41(12-8-2)13-14-42(27,28(40)43)29(44)45-30(4,5)6/h7-8,10-11,15-18,25-27H,1-2,9,12-14H2,3-6H3,(H-,40,43)/p+1/t25?,26-,27?,42?/m0/s1. The molecule has 0 bridgehead atoms. The van der Waals surface area contributed by atoms with E-state index in [1.807, 2.05) is 0 Å². The van der Waals surface area contributed by atoms with Crippen molar-refractivity contribution in [1.29, 1.82) is 0 Å². The van der Waals surface area contributed by atoms with E-state index in [0.717, 1.165) is 6.07 Å². The molecule has 0 aromatic heterocycles. The number of ether oxygens (including phenoxy) is 1. The number of amides is 3. The molecule has 3 rings (SSSR count). The van der Waals surface area contributed by atoms with Crippen LogP contribution in [-0.4, -0.2) is 52.8 Å². The van der Waals surface area contributed by atoms with Gasteiger partial charge in [0.1, 0.15) is 24.0 Å². The van der Waals surface area contributed by atoms with Crippen molar-refractivity contribution in [2.24, 2.45) is 5.73 Å². The van der Waals surface area contributed by atoms with Crippen molar-refractivity contribution >= 4 is 12.1 Å². The molecule has 1 fully saturated rings. The first-order valence-corrected chi connectivity index (χ1v) is 14.1. The highest BCUT2D eigenvalue weighted by Crippen LogP contribution is 2.48. The minimum absolute atomic E-state index is 0.00498. The number of benzene rings is 2. The van der Waals surface area contributed by atoms with Crippen molar-refractivity contribution in [3.8, 4) is 0 Å². The zero-order chi connectivity index (χ0) is 34.1. The van der Waals surface area contributed by atoms with E-state index >= 15 is 0 Å². The fourth-order valence-electron chi connectivity index (χ4n) is 6.03. The van der Waals surface area contributed by atoms with Gasteiger partial charge in [-0.15, -0.1) is 17.6 Å². The maximum atomic E-state index is 14.3. The number of primary amides is 1. The highest BCUT2D eigenvalue weighted by Gasteiger charge is 2.62. The van der Waals surface area contributed by atoms with Crippen LogP contribution in [0.2, 0.25) is 0 Å². The number of allylic oxidation sites excluding steroid dienone is 1. The summed E-state index contributed by atoms with van der Waals surface area (Å²) in [5, 5.41) is 0. The molecule has 1 aliphatic rings. The molecule has 0 aliphatic carbocycles. The lowest BCUT2D eigenvalue weighted by molar-refractivity contribution is -0.819. The van der Waals surface area contributed by atoms with Crippen LogP contribution in [0, 0.1) is 12.7 Å². The Morgan fingerprint density at radius 2 is 1.60 bits per heavy atom. The molecule has 0 radical (unpaired) electrons. The lowest BCUT2D eigenvalue weighted by Crippen LogP contribution is -2.74. The van der Waals surface area contributed by atoms with Crippen molar-refractivity contribution < 1.29 is 49.5 Å². The van der Waals surface area contributed by atoms with Gasteiger partial charge in [0, 0.05) is 19.0 Å². The Morgan fingerprint density at radius 3 is 2.04 bits per heavy atom. The first-order valence-electron chi connectivity index (χ1n) is 14.1. The number of carbonyl (C=O) groups excluding carboxylic acids is 2. The Hall–Kier alpha value is -3.71. The van der Waals surface area contributed by atoms with Crippen LogP contribution in [0.1, 0.15) is 67.0 Å². The molecule has 1 aliphatic heterocycles. The Balaban J connectivity index is 2.53. The average molecular weight is 645 g/mol. The summed E-state index contributed by atoms with van der Waals surface area (Å²) in [5.41, 5.74) is 2.01. The van der Waals surface area contributed by atoms with Gasteiger partial charge >= 0.3 is 24.5 Å². The topological polar surface area (TPSA) is 72.6 Å². The second-order valence-corrected chi connectivity index (χ2v) is 12.1. The van der Waals surface area contributed by atoms with Crippen LogP contribution in [0.4, 0.5) is 40.3 Å². The molecule has 4 atom stereocenters. The van der Waals surface area contributed by atoms with Crippen molar-refractivity contribution in [2.75, 3.05) is 19.6 Å². The van der Waals surface area contributed by atoms with E-state index in [-0.39, 0.29) is 32.1 Å². The number of carbonyl (C=O) groups is 2. The Morgan fingerprint density at radius 1 is 1.02 bits per heavy atom. The number of hydrogen-bond acceptors (Lipinski definition) is 4. The van der Waals surface area contributed by atoms with Crippen LogP contribution in [0.25, 0.3) is 0 Å². The number of hydrogen-bond donors (Lipinski definition) is 1. The summed E-state index contributed by atoms with van der Waals surface area (Å²) >= 11 is 0. The minimum Gasteiger partial charge on any atom is -0.414 e. The Kier molecular flexibility index (Phi) is 10.3. The van der Waals surface area contributed by atoms with E-state index < -0.39 is 75.1 Å². The zero-order valence-corrected chi connectivity index (χ0v) is 25.4. The van der Waals surface area contributed by atoms with Gasteiger partial charge in [0.05, 0.1) is 17.2 Å². The number of halogens is 7. The van der Waals surface area contributed by atoms with E-state index in [0.29, 0.717) is 23.3 Å². The van der Waals surface area contributed by atoms with Gasteiger partial charge in [-0.1, -0.05) is 18.2 Å². The molecule has 2 aromatic rings. The molecular weight excluding hydrogens is 607 g/mol. The van der Waals surface area contributed by atoms with E-state index in [2.05, 4.69) is 13.2 Å². The third-order valence-electron chi connectivity index (χ3n) is 7.86. The molecule has 0 spiro atoms. The number of rotatable bonds is 7. The summed E-state index contributed by atoms with van der Waals surface area (Å²) in [7, 11) is 0. The van der Waals surface area contributed by atoms with Gasteiger partial charge in [-0.3, -0.25) is 4.90 Å². The normalized spacial score (nSPS) is 22.0. The summed E-state index contributed by atoms with van der Waals surface area (Å²) in [6.07, 6.45) is -8.91. The number of nitrogens with two attached hydrogens (primary N) is 1. The zero-order valence-electron chi connectivity index (χ0n) is 25.4. The molecule has 246 valence electrons. The summed E-state index contributed by atoms with van der Waals surface area (Å²) < 4.78 is 103. The quantitative estimate of drug-likeness (QED) is 0.187. The molecule has 45 heavy (non-hydrogen) atoms. The number of piperazine rings is 1. The van der Waals surface area contributed by atoms with Crippen molar-refractivity contribution in [3.63, 3.8) is 0 Å². The average Bonchev–Trinajstić information content (AvgIpc) is 2.89. The van der Waals surface area contributed by atoms with Gasteiger partial charge in [0.25, 0.3) is 0 Å². The maximum Gasteiger partial charge on any atom is 0.526 e.